The van der Waals surface area contributed by atoms with Crippen molar-refractivity contribution in [3.8, 4) is 0 Å². The summed E-state index contributed by atoms with van der Waals surface area (Å²) in [5, 5.41) is 9.44. The maximum atomic E-state index is 9.44. The first-order valence-corrected chi connectivity index (χ1v) is 3.63. The van der Waals surface area contributed by atoms with Crippen LogP contribution in [0, 0.1) is 0 Å². The highest BCUT2D eigenvalue weighted by molar-refractivity contribution is 5.10. The van der Waals surface area contributed by atoms with E-state index in [-0.39, 0.29) is 19.6 Å². The smallest absolute Gasteiger partial charge is 0.101 e. The number of aliphatic hydroxyl groups is 1. The molecule has 1 aliphatic rings. The lowest BCUT2D eigenvalue weighted by atomic mass is 9.95. The summed E-state index contributed by atoms with van der Waals surface area (Å²) in [5.41, 5.74) is 1.04. The Kier molecular flexibility index (Phi) is 4.38. The van der Waals surface area contributed by atoms with Gasteiger partial charge in [-0.05, 0) is 25.3 Å². The second-order valence-corrected chi connectivity index (χ2v) is 2.74. The quantitative estimate of drug-likeness (QED) is 0.589. The molecule has 0 radical (unpaired) electrons. The van der Waals surface area contributed by atoms with Gasteiger partial charge in [-0.25, -0.2) is 0 Å². The van der Waals surface area contributed by atoms with E-state index in [0.29, 0.717) is 0 Å². The second kappa shape index (κ2) is 4.52. The molecule has 0 heterocycles. The minimum atomic E-state index is -0.376. The van der Waals surface area contributed by atoms with Gasteiger partial charge in [0.1, 0.15) is 6.10 Å². The lowest BCUT2D eigenvalue weighted by Crippen LogP contribution is -2.31. The van der Waals surface area contributed by atoms with E-state index in [0.717, 1.165) is 18.4 Å². The first kappa shape index (κ1) is 10.7. The maximum absolute atomic E-state index is 9.44. The molecule has 1 rings (SSSR count). The summed E-state index contributed by atoms with van der Waals surface area (Å²) in [7, 11) is 1.65. The lowest BCUT2D eigenvalue weighted by molar-refractivity contribution is -0.00235. The van der Waals surface area contributed by atoms with E-state index in [4.69, 9.17) is 4.74 Å². The van der Waals surface area contributed by atoms with E-state index < -0.39 is 0 Å². The third kappa shape index (κ3) is 2.31. The third-order valence-electron chi connectivity index (χ3n) is 2.04. The summed E-state index contributed by atoms with van der Waals surface area (Å²) in [6.45, 7) is 1.94. The van der Waals surface area contributed by atoms with Crippen LogP contribution in [0.5, 0.6) is 0 Å². The molecule has 0 aliphatic heterocycles. The fourth-order valence-electron chi connectivity index (χ4n) is 1.29. The Labute approximate surface area is 68.9 Å². The van der Waals surface area contributed by atoms with E-state index in [1.165, 1.54) is 0 Å². The molecule has 0 unspecified atom stereocenters. The first-order valence-electron chi connectivity index (χ1n) is 3.63. The number of hydrogen-bond acceptors (Lipinski definition) is 2. The lowest BCUT2D eigenvalue weighted by Gasteiger charge is -2.25. The van der Waals surface area contributed by atoms with Gasteiger partial charge in [-0.2, -0.15) is 0 Å². The van der Waals surface area contributed by atoms with Crippen molar-refractivity contribution in [2.75, 3.05) is 7.11 Å². The highest BCUT2D eigenvalue weighted by Crippen LogP contribution is 2.20. The van der Waals surface area contributed by atoms with E-state index in [9.17, 15) is 5.11 Å². The van der Waals surface area contributed by atoms with Gasteiger partial charge in [-0.1, -0.05) is 13.5 Å². The molecule has 0 spiro atoms. The zero-order valence-electron chi connectivity index (χ0n) is 6.50. The molecule has 66 valence electrons. The minimum absolute atomic E-state index is 0. The average molecular weight is 158 g/mol. The van der Waals surface area contributed by atoms with Crippen LogP contribution in [0.4, 0.5) is 0 Å². The van der Waals surface area contributed by atoms with Crippen LogP contribution in [-0.4, -0.2) is 24.4 Å². The topological polar surface area (TPSA) is 29.5 Å². The fourth-order valence-corrected chi connectivity index (χ4v) is 1.29. The number of allylic oxidation sites excluding steroid dienone is 1. The molecule has 0 saturated heterocycles. The standard InChI is InChI=1S/C8H14O2.CH4/c1-6-4-3-5-7(10-2)8(6)9;/h4,7-9H,3,5H2,1-2H3;1H4/t7-,8+;/m0./s1. The first-order chi connectivity index (χ1) is 4.75. The van der Waals surface area contributed by atoms with Crippen molar-refractivity contribution in [1.82, 2.24) is 0 Å². The number of aliphatic hydroxyl groups excluding tert-OH is 1. The maximum Gasteiger partial charge on any atom is 0.101 e. The number of hydrogen-bond donors (Lipinski definition) is 1. The number of methoxy groups -OCH3 is 1. The van der Waals surface area contributed by atoms with E-state index >= 15 is 0 Å². The summed E-state index contributed by atoms with van der Waals surface area (Å²) in [5.74, 6) is 0. The monoisotopic (exact) mass is 158 g/mol. The largest absolute Gasteiger partial charge is 0.386 e. The van der Waals surface area contributed by atoms with Gasteiger partial charge in [-0.3, -0.25) is 0 Å². The summed E-state index contributed by atoms with van der Waals surface area (Å²) >= 11 is 0. The predicted molar refractivity (Wildman–Crippen MR) is 46.5 cm³/mol. The van der Waals surface area contributed by atoms with Crippen molar-refractivity contribution in [2.24, 2.45) is 0 Å². The second-order valence-electron chi connectivity index (χ2n) is 2.74. The van der Waals surface area contributed by atoms with Gasteiger partial charge in [0.25, 0.3) is 0 Å². The van der Waals surface area contributed by atoms with E-state index in [1.807, 2.05) is 6.92 Å². The summed E-state index contributed by atoms with van der Waals surface area (Å²) in [4.78, 5) is 0. The van der Waals surface area contributed by atoms with Gasteiger partial charge >= 0.3 is 0 Å². The Balaban J connectivity index is 0.000001000. The molecule has 1 aliphatic carbocycles. The van der Waals surface area contributed by atoms with Gasteiger partial charge in [0.2, 0.25) is 0 Å². The van der Waals surface area contributed by atoms with Crippen LogP contribution in [0.15, 0.2) is 11.6 Å². The average Bonchev–Trinajstić information content (AvgIpc) is 1.95. The van der Waals surface area contributed by atoms with Crippen LogP contribution >= 0.6 is 0 Å². The molecule has 0 fully saturated rings. The fraction of sp³-hybridized carbons (Fsp3) is 0.778. The van der Waals surface area contributed by atoms with Gasteiger partial charge in [-0.15, -0.1) is 0 Å². The zero-order chi connectivity index (χ0) is 7.56. The summed E-state index contributed by atoms with van der Waals surface area (Å²) < 4.78 is 5.08. The normalized spacial score (nSPS) is 30.6. The Bertz CT molecular complexity index is 140. The van der Waals surface area contributed by atoms with Crippen LogP contribution in [0.3, 0.4) is 0 Å². The predicted octanol–water partition coefficient (Wildman–Crippen LogP) is 1.74. The molecule has 0 aromatic rings. The van der Waals surface area contributed by atoms with Crippen molar-refractivity contribution < 1.29 is 9.84 Å². The third-order valence-corrected chi connectivity index (χ3v) is 2.04. The van der Waals surface area contributed by atoms with Gasteiger partial charge in [0, 0.05) is 7.11 Å². The molecule has 1 N–H and O–H groups in total. The van der Waals surface area contributed by atoms with Crippen LogP contribution in [0.2, 0.25) is 0 Å². The molecule has 2 atom stereocenters. The summed E-state index contributed by atoms with van der Waals surface area (Å²) in [6, 6.07) is 0. The molecule has 2 nitrogen and oxygen atoms in total. The van der Waals surface area contributed by atoms with Crippen molar-refractivity contribution in [2.45, 2.75) is 39.4 Å². The van der Waals surface area contributed by atoms with E-state index in [2.05, 4.69) is 6.08 Å². The Hall–Kier alpha value is -0.340. The molecule has 0 amide bonds. The highest BCUT2D eigenvalue weighted by atomic mass is 16.5. The molecule has 2 heteroatoms. The van der Waals surface area contributed by atoms with Gasteiger partial charge < -0.3 is 9.84 Å². The molecular formula is C9H18O2. The molecule has 0 aromatic heterocycles. The van der Waals surface area contributed by atoms with Crippen LogP contribution < -0.4 is 0 Å². The molecule has 0 saturated carbocycles. The number of ether oxygens (including phenoxy) is 1. The summed E-state index contributed by atoms with van der Waals surface area (Å²) in [6.07, 6.45) is 3.68. The van der Waals surface area contributed by atoms with Crippen molar-refractivity contribution in [1.29, 1.82) is 0 Å². The van der Waals surface area contributed by atoms with Crippen molar-refractivity contribution >= 4 is 0 Å². The Morgan fingerprint density at radius 1 is 1.64 bits per heavy atom. The molecule has 11 heavy (non-hydrogen) atoms. The SMILES string of the molecule is C.CO[C@H]1CCC=C(C)[C@H]1O. The van der Waals surface area contributed by atoms with Gasteiger partial charge in [0.15, 0.2) is 0 Å². The zero-order valence-corrected chi connectivity index (χ0v) is 6.50. The minimum Gasteiger partial charge on any atom is -0.386 e. The number of rotatable bonds is 1. The molecular weight excluding hydrogens is 140 g/mol. The molecule has 0 bridgehead atoms. The van der Waals surface area contributed by atoms with Crippen molar-refractivity contribution in [3.63, 3.8) is 0 Å². The van der Waals surface area contributed by atoms with Crippen LogP contribution in [0.1, 0.15) is 27.2 Å². The van der Waals surface area contributed by atoms with E-state index in [1.54, 1.807) is 7.11 Å². The molecule has 0 aromatic carbocycles. The van der Waals surface area contributed by atoms with Crippen LogP contribution in [0.25, 0.3) is 0 Å². The Morgan fingerprint density at radius 3 is 2.73 bits per heavy atom. The highest BCUT2D eigenvalue weighted by Gasteiger charge is 2.22. The van der Waals surface area contributed by atoms with Crippen LogP contribution in [-0.2, 0) is 4.74 Å². The van der Waals surface area contributed by atoms with Crippen molar-refractivity contribution in [3.05, 3.63) is 11.6 Å². The van der Waals surface area contributed by atoms with Gasteiger partial charge in [0.05, 0.1) is 6.10 Å². The Morgan fingerprint density at radius 2 is 2.27 bits per heavy atom.